The maximum Gasteiger partial charge on any atom is 0.240 e. The van der Waals surface area contributed by atoms with E-state index in [-0.39, 0.29) is 18.2 Å². The van der Waals surface area contributed by atoms with Crippen molar-refractivity contribution in [2.75, 3.05) is 45.8 Å². The molecule has 1 aliphatic rings. The van der Waals surface area contributed by atoms with Gasteiger partial charge in [0.1, 0.15) is 5.75 Å². The number of anilines is 1. The number of carbonyl (C=O) groups excluding carboxylic acids is 2. The maximum atomic E-state index is 12.3. The molecule has 23 heavy (non-hydrogen) atoms. The predicted molar refractivity (Wildman–Crippen MR) is 86.5 cm³/mol. The van der Waals surface area contributed by atoms with Gasteiger partial charge in [-0.25, -0.2) is 0 Å². The molecule has 0 bridgehead atoms. The van der Waals surface area contributed by atoms with Crippen LogP contribution >= 0.6 is 0 Å². The third kappa shape index (κ3) is 4.94. The minimum atomic E-state index is -0.494. The largest absolute Gasteiger partial charge is 0.497 e. The molecule has 1 aromatic carbocycles. The molecule has 0 spiro atoms. The fourth-order valence-electron chi connectivity index (χ4n) is 2.47. The molecule has 2 N–H and O–H groups in total. The Kier molecular flexibility index (Phi) is 6.37. The third-order valence-electron chi connectivity index (χ3n) is 3.69. The second-order valence-electron chi connectivity index (χ2n) is 5.31. The number of amides is 2. The molecular formula is C16H23N3O4. The number of nitrogens with zero attached hydrogens (tertiary/aromatic N) is 1. The van der Waals surface area contributed by atoms with Crippen LogP contribution in [0.2, 0.25) is 0 Å². The molecule has 1 heterocycles. The molecule has 1 aliphatic heterocycles. The van der Waals surface area contributed by atoms with Crippen LogP contribution in [0.4, 0.5) is 5.69 Å². The van der Waals surface area contributed by atoms with Gasteiger partial charge < -0.3 is 25.0 Å². The van der Waals surface area contributed by atoms with Crippen LogP contribution in [0.3, 0.4) is 0 Å². The van der Waals surface area contributed by atoms with E-state index in [0.717, 1.165) is 0 Å². The van der Waals surface area contributed by atoms with Crippen LogP contribution in [0.25, 0.3) is 0 Å². The Morgan fingerprint density at radius 2 is 2.26 bits per heavy atom. The lowest BCUT2D eigenvalue weighted by atomic mass is 10.1. The molecule has 1 fully saturated rings. The second kappa shape index (κ2) is 8.50. The molecule has 1 unspecified atom stereocenters. The molecule has 0 aromatic heterocycles. The molecule has 126 valence electrons. The summed E-state index contributed by atoms with van der Waals surface area (Å²) in [4.78, 5) is 26.2. The summed E-state index contributed by atoms with van der Waals surface area (Å²) < 4.78 is 10.1. The van der Waals surface area contributed by atoms with E-state index in [0.29, 0.717) is 37.7 Å². The van der Waals surface area contributed by atoms with E-state index >= 15 is 0 Å². The van der Waals surface area contributed by atoms with Crippen LogP contribution in [0.1, 0.15) is 6.42 Å². The highest BCUT2D eigenvalue weighted by Gasteiger charge is 2.29. The van der Waals surface area contributed by atoms with Crippen molar-refractivity contribution in [1.82, 2.24) is 10.2 Å². The topological polar surface area (TPSA) is 79.9 Å². The van der Waals surface area contributed by atoms with Crippen molar-refractivity contribution in [3.63, 3.8) is 0 Å². The molecule has 0 saturated carbocycles. The van der Waals surface area contributed by atoms with Crippen LogP contribution in [-0.4, -0.2) is 63.2 Å². The van der Waals surface area contributed by atoms with Crippen molar-refractivity contribution in [3.8, 4) is 5.75 Å². The van der Waals surface area contributed by atoms with E-state index in [4.69, 9.17) is 9.47 Å². The summed E-state index contributed by atoms with van der Waals surface area (Å²) >= 11 is 0. The number of benzene rings is 1. The van der Waals surface area contributed by atoms with Crippen LogP contribution in [0, 0.1) is 0 Å². The zero-order valence-electron chi connectivity index (χ0n) is 13.5. The first kappa shape index (κ1) is 17.2. The van der Waals surface area contributed by atoms with Crippen LogP contribution in [0.15, 0.2) is 24.3 Å². The summed E-state index contributed by atoms with van der Waals surface area (Å²) in [6.07, 6.45) is 0.0968. The Morgan fingerprint density at radius 1 is 1.43 bits per heavy atom. The standard InChI is InChI=1S/C16H23N3O4/c1-22-9-8-19-7-6-17-14(16(19)21)11-15(20)18-12-4-3-5-13(10-12)23-2/h3-5,10,14,17H,6-9,11H2,1-2H3,(H,18,20). The molecule has 7 heteroatoms. The smallest absolute Gasteiger partial charge is 0.240 e. The fourth-order valence-corrected chi connectivity index (χ4v) is 2.47. The zero-order valence-corrected chi connectivity index (χ0v) is 13.5. The van der Waals surface area contributed by atoms with Gasteiger partial charge in [0.05, 0.1) is 26.2 Å². The van der Waals surface area contributed by atoms with Gasteiger partial charge in [0, 0.05) is 38.5 Å². The lowest BCUT2D eigenvalue weighted by Gasteiger charge is -2.32. The van der Waals surface area contributed by atoms with Crippen molar-refractivity contribution in [3.05, 3.63) is 24.3 Å². The Balaban J connectivity index is 1.89. The van der Waals surface area contributed by atoms with Crippen molar-refractivity contribution >= 4 is 17.5 Å². The van der Waals surface area contributed by atoms with Crippen molar-refractivity contribution < 1.29 is 19.1 Å². The minimum absolute atomic E-state index is 0.0610. The van der Waals surface area contributed by atoms with Crippen LogP contribution < -0.4 is 15.4 Å². The molecule has 0 aliphatic carbocycles. The lowest BCUT2D eigenvalue weighted by Crippen LogP contribution is -2.56. The average molecular weight is 321 g/mol. The van der Waals surface area contributed by atoms with E-state index in [1.807, 2.05) is 0 Å². The average Bonchev–Trinajstić information content (AvgIpc) is 2.56. The number of carbonyl (C=O) groups is 2. The predicted octanol–water partition coefficient (Wildman–Crippen LogP) is 0.471. The summed E-state index contributed by atoms with van der Waals surface area (Å²) in [5.74, 6) is 0.396. The molecule has 1 atom stereocenters. The molecule has 1 aromatic rings. The number of hydrogen-bond acceptors (Lipinski definition) is 5. The number of piperazine rings is 1. The minimum Gasteiger partial charge on any atom is -0.497 e. The summed E-state index contributed by atoms with van der Waals surface area (Å²) in [5, 5.41) is 5.89. The number of ether oxygens (including phenoxy) is 2. The van der Waals surface area contributed by atoms with E-state index < -0.39 is 6.04 Å². The Hall–Kier alpha value is -2.12. The summed E-state index contributed by atoms with van der Waals surface area (Å²) in [5.41, 5.74) is 0.647. The van der Waals surface area contributed by atoms with E-state index in [1.54, 1.807) is 43.4 Å². The first-order chi connectivity index (χ1) is 11.1. The van der Waals surface area contributed by atoms with Gasteiger partial charge in [0.15, 0.2) is 0 Å². The molecule has 0 radical (unpaired) electrons. The summed E-state index contributed by atoms with van der Waals surface area (Å²) in [7, 11) is 3.17. The molecular weight excluding hydrogens is 298 g/mol. The quantitative estimate of drug-likeness (QED) is 0.763. The summed E-state index contributed by atoms with van der Waals surface area (Å²) in [6, 6.07) is 6.62. The van der Waals surface area contributed by atoms with Crippen LogP contribution in [0.5, 0.6) is 5.75 Å². The molecule has 7 nitrogen and oxygen atoms in total. The van der Waals surface area contributed by atoms with Gasteiger partial charge in [-0.3, -0.25) is 9.59 Å². The van der Waals surface area contributed by atoms with Gasteiger partial charge >= 0.3 is 0 Å². The van der Waals surface area contributed by atoms with Crippen molar-refractivity contribution in [1.29, 1.82) is 0 Å². The van der Waals surface area contributed by atoms with Gasteiger partial charge in [0.2, 0.25) is 11.8 Å². The molecule has 2 rings (SSSR count). The highest BCUT2D eigenvalue weighted by atomic mass is 16.5. The normalized spacial score (nSPS) is 17.9. The lowest BCUT2D eigenvalue weighted by molar-refractivity contribution is -0.138. The first-order valence-corrected chi connectivity index (χ1v) is 7.59. The van der Waals surface area contributed by atoms with Gasteiger partial charge in [-0.1, -0.05) is 6.07 Å². The number of hydrogen-bond donors (Lipinski definition) is 2. The van der Waals surface area contributed by atoms with Gasteiger partial charge in [-0.05, 0) is 12.1 Å². The summed E-state index contributed by atoms with van der Waals surface area (Å²) in [6.45, 7) is 2.35. The Bertz CT molecular complexity index is 550. The number of nitrogens with one attached hydrogen (secondary N) is 2. The monoisotopic (exact) mass is 321 g/mol. The molecule has 2 amide bonds. The SMILES string of the molecule is COCCN1CCNC(CC(=O)Nc2cccc(OC)c2)C1=O. The van der Waals surface area contributed by atoms with Gasteiger partial charge in [-0.2, -0.15) is 0 Å². The van der Waals surface area contributed by atoms with Crippen molar-refractivity contribution in [2.24, 2.45) is 0 Å². The Labute approximate surface area is 135 Å². The highest BCUT2D eigenvalue weighted by Crippen LogP contribution is 2.17. The third-order valence-corrected chi connectivity index (χ3v) is 3.69. The van der Waals surface area contributed by atoms with Crippen LogP contribution in [-0.2, 0) is 14.3 Å². The maximum absolute atomic E-state index is 12.3. The van der Waals surface area contributed by atoms with E-state index in [2.05, 4.69) is 10.6 Å². The van der Waals surface area contributed by atoms with Gasteiger partial charge in [-0.15, -0.1) is 0 Å². The molecule has 1 saturated heterocycles. The van der Waals surface area contributed by atoms with Crippen molar-refractivity contribution in [2.45, 2.75) is 12.5 Å². The van der Waals surface area contributed by atoms with E-state index in [9.17, 15) is 9.59 Å². The highest BCUT2D eigenvalue weighted by molar-refractivity contribution is 5.95. The second-order valence-corrected chi connectivity index (χ2v) is 5.31. The Morgan fingerprint density at radius 3 is 3.00 bits per heavy atom. The first-order valence-electron chi connectivity index (χ1n) is 7.59. The van der Waals surface area contributed by atoms with Gasteiger partial charge in [0.25, 0.3) is 0 Å². The number of rotatable bonds is 7. The zero-order chi connectivity index (χ0) is 16.7. The number of methoxy groups -OCH3 is 2. The fraction of sp³-hybridized carbons (Fsp3) is 0.500. The van der Waals surface area contributed by atoms with E-state index in [1.165, 1.54) is 0 Å².